The lowest BCUT2D eigenvalue weighted by Gasteiger charge is -2.47. The van der Waals surface area contributed by atoms with Crippen LogP contribution >= 0.6 is 0 Å². The van der Waals surface area contributed by atoms with Crippen LogP contribution in [-0.2, 0) is 15.9 Å². The molecule has 2 aromatic carbocycles. The predicted octanol–water partition coefficient (Wildman–Crippen LogP) is 3.82. The van der Waals surface area contributed by atoms with Gasteiger partial charge in [-0.15, -0.1) is 0 Å². The minimum atomic E-state index is -0.448. The van der Waals surface area contributed by atoms with Gasteiger partial charge in [0.1, 0.15) is 18.1 Å². The number of benzene rings is 2. The van der Waals surface area contributed by atoms with Crippen LogP contribution in [0.5, 0.6) is 11.5 Å². The van der Waals surface area contributed by atoms with Crippen LogP contribution in [0.3, 0.4) is 0 Å². The fourth-order valence-electron chi connectivity index (χ4n) is 2.79. The molecule has 0 unspecified atom stereocenters. The molecule has 138 valence electrons. The van der Waals surface area contributed by atoms with Crippen molar-refractivity contribution in [3.05, 3.63) is 54.1 Å². The molecule has 2 aromatic rings. The topological polar surface area (TPSA) is 36.9 Å². The van der Waals surface area contributed by atoms with Crippen LogP contribution in [0.4, 0.5) is 0 Å². The predicted molar refractivity (Wildman–Crippen MR) is 104 cm³/mol. The Kier molecular flexibility index (Phi) is 5.30. The van der Waals surface area contributed by atoms with Crippen molar-refractivity contribution in [2.24, 2.45) is 5.41 Å². The van der Waals surface area contributed by atoms with Crippen molar-refractivity contribution in [2.75, 3.05) is 13.7 Å². The van der Waals surface area contributed by atoms with Gasteiger partial charge in [-0.05, 0) is 25.5 Å². The molecule has 1 aliphatic rings. The molecule has 3 rings (SSSR count). The number of hydrogen-bond acceptors (Lipinski definition) is 4. The van der Waals surface area contributed by atoms with Crippen LogP contribution < -0.4 is 14.9 Å². The molecule has 1 aliphatic heterocycles. The maximum atomic E-state index is 6.24. The molecular weight excluding hydrogens is 327 g/mol. The Morgan fingerprint density at radius 2 is 1.77 bits per heavy atom. The maximum absolute atomic E-state index is 6.24. The summed E-state index contributed by atoms with van der Waals surface area (Å²) in [7, 11) is 1.20. The molecule has 0 N–H and O–H groups in total. The minimum absolute atomic E-state index is 0.0600. The van der Waals surface area contributed by atoms with Crippen molar-refractivity contribution in [3.63, 3.8) is 0 Å². The summed E-state index contributed by atoms with van der Waals surface area (Å²) < 4.78 is 23.7. The van der Waals surface area contributed by atoms with Gasteiger partial charge in [-0.1, -0.05) is 50.2 Å². The molecule has 1 saturated heterocycles. The van der Waals surface area contributed by atoms with E-state index in [0.29, 0.717) is 19.0 Å². The van der Waals surface area contributed by atoms with Gasteiger partial charge in [0.05, 0.1) is 12.7 Å². The molecule has 26 heavy (non-hydrogen) atoms. The van der Waals surface area contributed by atoms with Gasteiger partial charge in [0.25, 0.3) is 0 Å². The van der Waals surface area contributed by atoms with Gasteiger partial charge in [-0.3, -0.25) is 0 Å². The summed E-state index contributed by atoms with van der Waals surface area (Å²) in [6, 6.07) is 15.9. The summed E-state index contributed by atoms with van der Waals surface area (Å²) in [6.07, 6.45) is 0. The first-order valence-electron chi connectivity index (χ1n) is 8.96. The first-order valence-corrected chi connectivity index (χ1v) is 8.96. The van der Waals surface area contributed by atoms with Gasteiger partial charge >= 0.3 is 7.12 Å². The highest BCUT2D eigenvalue weighted by atomic mass is 16.6. The lowest BCUT2D eigenvalue weighted by Crippen LogP contribution is -2.58. The largest absolute Gasteiger partial charge is 0.498 e. The number of methoxy groups -OCH3 is 1. The number of rotatable bonds is 5. The van der Waals surface area contributed by atoms with Crippen LogP contribution in [-0.4, -0.2) is 26.4 Å². The molecule has 4 nitrogen and oxygen atoms in total. The molecule has 0 spiro atoms. The lowest BCUT2D eigenvalue weighted by molar-refractivity contribution is -0.0938. The van der Waals surface area contributed by atoms with Crippen molar-refractivity contribution in [2.45, 2.75) is 39.9 Å². The van der Waals surface area contributed by atoms with Gasteiger partial charge in [0, 0.05) is 23.6 Å². The van der Waals surface area contributed by atoms with Crippen molar-refractivity contribution in [3.8, 4) is 11.5 Å². The summed E-state index contributed by atoms with van der Waals surface area (Å²) in [5.74, 6) is 1.46. The number of hydrogen-bond donors (Lipinski definition) is 0. The average molecular weight is 354 g/mol. The number of ether oxygens (including phenoxy) is 2. The zero-order chi connectivity index (χ0) is 18.8. The summed E-state index contributed by atoms with van der Waals surface area (Å²) >= 11 is 0. The van der Waals surface area contributed by atoms with E-state index >= 15 is 0 Å². The minimum Gasteiger partial charge on any atom is -0.497 e. The fourth-order valence-corrected chi connectivity index (χ4v) is 2.79. The summed E-state index contributed by atoms with van der Waals surface area (Å²) in [5.41, 5.74) is 1.64. The van der Waals surface area contributed by atoms with Crippen LogP contribution in [0.2, 0.25) is 0 Å². The Balaban J connectivity index is 1.75. The standard InChI is InChI=1S/C21H27BO4/c1-20(2)15-25-22(26-21(20,3)4)18-12-11-17(13-19(18)23-5)24-14-16-9-7-6-8-10-16/h6-13H,14-15H2,1-5H3. The smallest absolute Gasteiger partial charge is 0.497 e. The Hall–Kier alpha value is -1.98. The highest BCUT2D eigenvalue weighted by Gasteiger charge is 2.47. The Morgan fingerprint density at radius 3 is 2.42 bits per heavy atom. The molecule has 0 aromatic heterocycles. The van der Waals surface area contributed by atoms with Crippen LogP contribution in [0, 0.1) is 5.41 Å². The van der Waals surface area contributed by atoms with E-state index in [4.69, 9.17) is 18.8 Å². The molecule has 0 atom stereocenters. The molecule has 0 aliphatic carbocycles. The Bertz CT molecular complexity index is 743. The fraction of sp³-hybridized carbons (Fsp3) is 0.429. The van der Waals surface area contributed by atoms with Gasteiger partial charge in [0.15, 0.2) is 0 Å². The second-order valence-corrected chi connectivity index (χ2v) is 7.83. The van der Waals surface area contributed by atoms with Crippen LogP contribution in [0.25, 0.3) is 0 Å². The van der Waals surface area contributed by atoms with Crippen molar-refractivity contribution in [1.29, 1.82) is 0 Å². The molecule has 0 radical (unpaired) electrons. The molecule has 1 heterocycles. The maximum Gasteiger partial charge on any atom is 0.498 e. The van der Waals surface area contributed by atoms with Crippen LogP contribution in [0.15, 0.2) is 48.5 Å². The zero-order valence-corrected chi connectivity index (χ0v) is 16.2. The molecular formula is C21H27BO4. The Morgan fingerprint density at radius 1 is 1.04 bits per heavy atom. The quantitative estimate of drug-likeness (QED) is 0.765. The van der Waals surface area contributed by atoms with E-state index in [1.54, 1.807) is 7.11 Å². The van der Waals surface area contributed by atoms with Gasteiger partial charge in [0.2, 0.25) is 0 Å². The normalized spacial score (nSPS) is 18.4. The second-order valence-electron chi connectivity index (χ2n) is 7.83. The first kappa shape index (κ1) is 18.8. The van der Waals surface area contributed by atoms with Crippen molar-refractivity contribution in [1.82, 2.24) is 0 Å². The van der Waals surface area contributed by atoms with E-state index < -0.39 is 7.12 Å². The summed E-state index contributed by atoms with van der Waals surface area (Å²) in [6.45, 7) is 9.65. The van der Waals surface area contributed by atoms with Gasteiger partial charge in [-0.2, -0.15) is 0 Å². The van der Waals surface area contributed by atoms with Gasteiger partial charge < -0.3 is 18.8 Å². The van der Waals surface area contributed by atoms with Gasteiger partial charge in [-0.25, -0.2) is 0 Å². The van der Waals surface area contributed by atoms with E-state index in [1.807, 2.05) is 48.5 Å². The highest BCUT2D eigenvalue weighted by Crippen LogP contribution is 2.38. The Labute approximate surface area is 156 Å². The monoisotopic (exact) mass is 354 g/mol. The molecule has 0 amide bonds. The first-order chi connectivity index (χ1) is 12.3. The highest BCUT2D eigenvalue weighted by molar-refractivity contribution is 6.62. The molecule has 1 fully saturated rings. The zero-order valence-electron chi connectivity index (χ0n) is 16.2. The van der Waals surface area contributed by atoms with Crippen molar-refractivity contribution < 1.29 is 18.8 Å². The van der Waals surface area contributed by atoms with E-state index in [1.165, 1.54) is 0 Å². The summed E-state index contributed by atoms with van der Waals surface area (Å²) in [4.78, 5) is 0. The molecule has 0 bridgehead atoms. The van der Waals surface area contributed by atoms with E-state index in [0.717, 1.165) is 16.8 Å². The van der Waals surface area contributed by atoms with Crippen molar-refractivity contribution >= 4 is 12.6 Å². The summed E-state index contributed by atoms with van der Waals surface area (Å²) in [5, 5.41) is 0. The molecule has 5 heteroatoms. The third-order valence-electron chi connectivity index (χ3n) is 5.33. The average Bonchev–Trinajstić information content (AvgIpc) is 2.63. The van der Waals surface area contributed by atoms with E-state index in [9.17, 15) is 0 Å². The van der Waals surface area contributed by atoms with E-state index in [-0.39, 0.29) is 11.0 Å². The molecule has 0 saturated carbocycles. The second kappa shape index (κ2) is 7.33. The van der Waals surface area contributed by atoms with Crippen LogP contribution in [0.1, 0.15) is 33.3 Å². The van der Waals surface area contributed by atoms with E-state index in [2.05, 4.69) is 27.7 Å². The third-order valence-corrected chi connectivity index (χ3v) is 5.33. The SMILES string of the molecule is COc1cc(OCc2ccccc2)ccc1B1OCC(C)(C)C(C)(C)O1. The lowest BCUT2D eigenvalue weighted by atomic mass is 9.69. The third kappa shape index (κ3) is 3.89.